The number of hydrogen-bond acceptors (Lipinski definition) is 3. The first-order chi connectivity index (χ1) is 9.52. The fourth-order valence-corrected chi connectivity index (χ4v) is 3.13. The largest absolute Gasteiger partial charge is 0.384 e. The maximum Gasteiger partial charge on any atom is 0.253 e. The van der Waals surface area contributed by atoms with Gasteiger partial charge >= 0.3 is 0 Å². The number of piperidine rings is 1. The molecule has 1 fully saturated rings. The van der Waals surface area contributed by atoms with Crippen molar-refractivity contribution in [1.29, 1.82) is 0 Å². The highest BCUT2D eigenvalue weighted by atomic mass is 79.9. The molecule has 1 atom stereocenters. The first kappa shape index (κ1) is 15.3. The number of nitrogens with zero attached hydrogens (tertiary/aromatic N) is 1. The maximum atomic E-state index is 14.0. The summed E-state index contributed by atoms with van der Waals surface area (Å²) in [5, 5.41) is 0. The van der Waals surface area contributed by atoms with Gasteiger partial charge in [0.15, 0.2) is 0 Å². The minimum Gasteiger partial charge on any atom is -0.384 e. The number of rotatable bonds is 4. The molecule has 1 aliphatic rings. The predicted octanol–water partition coefficient (Wildman–Crippen LogP) is 2.55. The van der Waals surface area contributed by atoms with Crippen LogP contribution >= 0.6 is 15.9 Å². The van der Waals surface area contributed by atoms with E-state index in [1.165, 1.54) is 6.07 Å². The second-order valence-corrected chi connectivity index (χ2v) is 5.97. The Hall–Kier alpha value is -1.14. The number of primary amides is 1. The third-order valence-corrected chi connectivity index (χ3v) is 4.00. The average Bonchev–Trinajstić information content (AvgIpc) is 2.38. The predicted molar refractivity (Wildman–Crippen MR) is 79.4 cm³/mol. The molecule has 0 unspecified atom stereocenters. The fraction of sp³-hybridized carbons (Fsp3) is 0.500. The summed E-state index contributed by atoms with van der Waals surface area (Å²) in [6.07, 6.45) is 2.06. The smallest absolute Gasteiger partial charge is 0.253 e. The van der Waals surface area contributed by atoms with Gasteiger partial charge in [0.25, 0.3) is 5.91 Å². The van der Waals surface area contributed by atoms with E-state index in [0.29, 0.717) is 22.7 Å². The molecule has 20 heavy (non-hydrogen) atoms. The Labute approximate surface area is 126 Å². The van der Waals surface area contributed by atoms with Gasteiger partial charge in [-0.1, -0.05) is 15.9 Å². The minimum atomic E-state index is -0.737. The number of anilines is 1. The maximum absolute atomic E-state index is 14.0. The van der Waals surface area contributed by atoms with E-state index < -0.39 is 11.7 Å². The van der Waals surface area contributed by atoms with Gasteiger partial charge in [0.05, 0.1) is 17.9 Å². The highest BCUT2D eigenvalue weighted by Crippen LogP contribution is 2.31. The fourth-order valence-electron chi connectivity index (χ4n) is 2.71. The second-order valence-electron chi connectivity index (χ2n) is 5.06. The summed E-state index contributed by atoms with van der Waals surface area (Å²) in [5.41, 5.74) is 5.84. The van der Waals surface area contributed by atoms with E-state index in [4.69, 9.17) is 10.5 Å². The van der Waals surface area contributed by atoms with Crippen LogP contribution in [0, 0.1) is 11.7 Å². The number of hydrogen-bond donors (Lipinski definition) is 1. The quantitative estimate of drug-likeness (QED) is 0.913. The Morgan fingerprint density at radius 1 is 1.60 bits per heavy atom. The van der Waals surface area contributed by atoms with Gasteiger partial charge in [-0.15, -0.1) is 0 Å². The molecule has 1 heterocycles. The molecule has 2 rings (SSSR count). The summed E-state index contributed by atoms with van der Waals surface area (Å²) in [5.74, 6) is -0.939. The Bertz CT molecular complexity index is 508. The van der Waals surface area contributed by atoms with Gasteiger partial charge in [0, 0.05) is 24.7 Å². The van der Waals surface area contributed by atoms with Crippen molar-refractivity contribution in [2.24, 2.45) is 11.7 Å². The number of nitrogens with two attached hydrogens (primary N) is 1. The molecule has 1 aromatic carbocycles. The van der Waals surface area contributed by atoms with Crippen LogP contribution in [0.15, 0.2) is 16.6 Å². The van der Waals surface area contributed by atoms with E-state index in [-0.39, 0.29) is 5.56 Å². The zero-order chi connectivity index (χ0) is 14.7. The van der Waals surface area contributed by atoms with Crippen LogP contribution in [-0.2, 0) is 4.74 Å². The van der Waals surface area contributed by atoms with Gasteiger partial charge < -0.3 is 15.4 Å². The molecule has 0 aliphatic carbocycles. The van der Waals surface area contributed by atoms with Crippen LogP contribution in [0.3, 0.4) is 0 Å². The lowest BCUT2D eigenvalue weighted by Gasteiger charge is -2.35. The number of halogens is 2. The van der Waals surface area contributed by atoms with Crippen molar-refractivity contribution in [2.45, 2.75) is 12.8 Å². The van der Waals surface area contributed by atoms with E-state index >= 15 is 0 Å². The monoisotopic (exact) mass is 344 g/mol. The molecule has 0 spiro atoms. The van der Waals surface area contributed by atoms with Crippen LogP contribution in [0.2, 0.25) is 0 Å². The Balaban J connectivity index is 2.33. The zero-order valence-corrected chi connectivity index (χ0v) is 13.0. The SMILES string of the molecule is COC[C@H]1CCCN(c2cc(Br)cc(F)c2C(N)=O)C1. The minimum absolute atomic E-state index is 0.0359. The van der Waals surface area contributed by atoms with Gasteiger partial charge in [-0.2, -0.15) is 0 Å². The number of carbonyl (C=O) groups excluding carboxylic acids is 1. The topological polar surface area (TPSA) is 55.6 Å². The van der Waals surface area contributed by atoms with Crippen molar-refractivity contribution in [1.82, 2.24) is 0 Å². The highest BCUT2D eigenvalue weighted by Gasteiger charge is 2.25. The van der Waals surface area contributed by atoms with Crippen molar-refractivity contribution >= 4 is 27.5 Å². The van der Waals surface area contributed by atoms with Crippen LogP contribution in [0.25, 0.3) is 0 Å². The van der Waals surface area contributed by atoms with E-state index in [1.54, 1.807) is 13.2 Å². The second kappa shape index (κ2) is 6.54. The molecule has 0 saturated carbocycles. The van der Waals surface area contributed by atoms with Crippen LogP contribution in [0.1, 0.15) is 23.2 Å². The molecular weight excluding hydrogens is 327 g/mol. The van der Waals surface area contributed by atoms with Gasteiger partial charge in [0.2, 0.25) is 0 Å². The average molecular weight is 345 g/mol. The standard InChI is InChI=1S/C14H18BrFN2O2/c1-20-8-9-3-2-4-18(7-9)12-6-10(15)5-11(16)13(12)14(17)19/h5-6,9H,2-4,7-8H2,1H3,(H2,17,19)/t9-/m0/s1. The number of carbonyl (C=O) groups is 1. The normalized spacial score (nSPS) is 19.1. The van der Waals surface area contributed by atoms with E-state index in [1.807, 2.05) is 4.90 Å². The summed E-state index contributed by atoms with van der Waals surface area (Å²) >= 11 is 3.27. The number of ether oxygens (including phenoxy) is 1. The lowest BCUT2D eigenvalue weighted by Crippen LogP contribution is -2.38. The molecule has 2 N–H and O–H groups in total. The molecule has 1 saturated heterocycles. The lowest BCUT2D eigenvalue weighted by molar-refractivity contribution is 0.0996. The van der Waals surface area contributed by atoms with Crippen LogP contribution in [0.4, 0.5) is 10.1 Å². The summed E-state index contributed by atoms with van der Waals surface area (Å²) in [7, 11) is 1.67. The summed E-state index contributed by atoms with van der Waals surface area (Å²) in [4.78, 5) is 13.5. The van der Waals surface area contributed by atoms with E-state index in [9.17, 15) is 9.18 Å². The molecule has 1 aliphatic heterocycles. The van der Waals surface area contributed by atoms with Crippen LogP contribution < -0.4 is 10.6 Å². The van der Waals surface area contributed by atoms with E-state index in [0.717, 1.165) is 25.9 Å². The molecule has 110 valence electrons. The number of benzene rings is 1. The first-order valence-corrected chi connectivity index (χ1v) is 7.35. The molecule has 0 aromatic heterocycles. The van der Waals surface area contributed by atoms with Gasteiger partial charge in [-0.05, 0) is 30.9 Å². The molecule has 1 amide bonds. The molecule has 1 aromatic rings. The summed E-state index contributed by atoms with van der Waals surface area (Å²) in [6, 6.07) is 3.01. The first-order valence-electron chi connectivity index (χ1n) is 6.55. The molecular formula is C14H18BrFN2O2. The molecule has 0 bridgehead atoms. The molecule has 0 radical (unpaired) electrons. The van der Waals surface area contributed by atoms with Crippen molar-refractivity contribution < 1.29 is 13.9 Å². The Morgan fingerprint density at radius 3 is 3.00 bits per heavy atom. The van der Waals surface area contributed by atoms with Crippen molar-refractivity contribution in [2.75, 3.05) is 31.7 Å². The van der Waals surface area contributed by atoms with E-state index in [2.05, 4.69) is 15.9 Å². The number of amides is 1. The summed E-state index contributed by atoms with van der Waals surface area (Å²) < 4.78 is 19.8. The van der Waals surface area contributed by atoms with Crippen molar-refractivity contribution in [3.63, 3.8) is 0 Å². The zero-order valence-electron chi connectivity index (χ0n) is 11.4. The van der Waals surface area contributed by atoms with Crippen molar-refractivity contribution in [3.05, 3.63) is 28.0 Å². The van der Waals surface area contributed by atoms with Crippen LogP contribution in [-0.4, -0.2) is 32.7 Å². The van der Waals surface area contributed by atoms with Crippen molar-refractivity contribution in [3.8, 4) is 0 Å². The molecule has 6 heteroatoms. The third kappa shape index (κ3) is 3.30. The Morgan fingerprint density at radius 2 is 2.35 bits per heavy atom. The van der Waals surface area contributed by atoms with Gasteiger partial charge in [-0.25, -0.2) is 4.39 Å². The Kier molecular flexibility index (Phi) is 4.99. The lowest BCUT2D eigenvalue weighted by atomic mass is 9.97. The highest BCUT2D eigenvalue weighted by molar-refractivity contribution is 9.10. The van der Waals surface area contributed by atoms with Gasteiger partial charge in [0.1, 0.15) is 5.82 Å². The number of methoxy groups -OCH3 is 1. The molecule has 4 nitrogen and oxygen atoms in total. The van der Waals surface area contributed by atoms with Crippen LogP contribution in [0.5, 0.6) is 0 Å². The van der Waals surface area contributed by atoms with Gasteiger partial charge in [-0.3, -0.25) is 4.79 Å². The summed E-state index contributed by atoms with van der Waals surface area (Å²) in [6.45, 7) is 2.19. The third-order valence-electron chi connectivity index (χ3n) is 3.54.